The van der Waals surface area contributed by atoms with Crippen LogP contribution in [0.15, 0.2) is 36.4 Å². The van der Waals surface area contributed by atoms with Crippen LogP contribution in [0.3, 0.4) is 0 Å². The second-order valence-corrected chi connectivity index (χ2v) is 8.87. The Kier molecular flexibility index (Phi) is 6.50. The number of carbonyl (C=O) groups is 1. The van der Waals surface area contributed by atoms with Crippen molar-refractivity contribution in [3.8, 4) is 23.0 Å². The average Bonchev–Trinajstić information content (AvgIpc) is 3.50. The first-order valence-corrected chi connectivity index (χ1v) is 11.4. The Labute approximate surface area is 206 Å². The molecule has 0 radical (unpaired) electrons. The van der Waals surface area contributed by atoms with E-state index in [1.807, 2.05) is 0 Å². The lowest BCUT2D eigenvalue weighted by Gasteiger charge is -2.37. The van der Waals surface area contributed by atoms with E-state index >= 15 is 0 Å². The normalized spacial score (nSPS) is 21.0. The van der Waals surface area contributed by atoms with Crippen LogP contribution < -0.4 is 24.3 Å². The highest BCUT2D eigenvalue weighted by molar-refractivity contribution is 5.74. The molecule has 1 N–H and O–H groups in total. The molecule has 5 rings (SSSR count). The van der Waals surface area contributed by atoms with Crippen molar-refractivity contribution in [2.75, 3.05) is 26.7 Å². The van der Waals surface area contributed by atoms with Gasteiger partial charge in [-0.3, -0.25) is 4.79 Å². The minimum Gasteiger partial charge on any atom is -0.454 e. The zero-order valence-electron chi connectivity index (χ0n) is 19.0. The smallest absolute Gasteiger partial charge is 0.434 e. The molecule has 2 aromatic rings. The van der Waals surface area contributed by atoms with Crippen LogP contribution in [0.4, 0.5) is 26.3 Å². The number of halogens is 6. The first-order valence-electron chi connectivity index (χ1n) is 11.4. The zero-order valence-corrected chi connectivity index (χ0v) is 19.0. The molecule has 200 valence electrons. The molecule has 3 aliphatic heterocycles. The summed E-state index contributed by atoms with van der Waals surface area (Å²) in [5.41, 5.74) is 1.27. The van der Waals surface area contributed by atoms with E-state index in [2.05, 4.69) is 10.1 Å². The number of hydrogen-bond acceptors (Lipinski definition) is 7. The molecule has 0 saturated carbocycles. The number of nitrogens with one attached hydrogen (secondary N) is 1. The van der Waals surface area contributed by atoms with Gasteiger partial charge in [0.1, 0.15) is 0 Å². The van der Waals surface area contributed by atoms with Crippen LogP contribution in [0, 0.1) is 11.8 Å². The minimum absolute atomic E-state index is 0.00600. The number of hydrogen-bond donors (Lipinski definition) is 1. The predicted octanol–water partition coefficient (Wildman–Crippen LogP) is 4.54. The zero-order chi connectivity index (χ0) is 26.4. The summed E-state index contributed by atoms with van der Waals surface area (Å²) in [6.45, 7) is 0.248. The fraction of sp³-hybridized carbons (Fsp3) is 0.458. The lowest BCUT2D eigenvalue weighted by molar-refractivity contribution is -0.314. The van der Waals surface area contributed by atoms with Crippen molar-refractivity contribution in [2.24, 2.45) is 11.8 Å². The van der Waals surface area contributed by atoms with E-state index in [-0.39, 0.29) is 26.6 Å². The topological polar surface area (TPSA) is 75.3 Å². The molecule has 1 saturated heterocycles. The molecule has 2 aromatic carbocycles. The summed E-state index contributed by atoms with van der Waals surface area (Å²) in [5.74, 6) is -2.36. The number of ether oxygens (including phenoxy) is 5. The lowest BCUT2D eigenvalue weighted by atomic mass is 9.71. The maximum Gasteiger partial charge on any atom is 0.434 e. The summed E-state index contributed by atoms with van der Waals surface area (Å²) in [4.78, 5) is 12.9. The number of piperidine rings is 1. The van der Waals surface area contributed by atoms with Crippen molar-refractivity contribution in [2.45, 2.75) is 30.8 Å². The van der Waals surface area contributed by atoms with Gasteiger partial charge in [0.05, 0.1) is 5.92 Å². The van der Waals surface area contributed by atoms with Crippen molar-refractivity contribution in [1.29, 1.82) is 0 Å². The third-order valence-electron chi connectivity index (χ3n) is 6.61. The number of esters is 1. The van der Waals surface area contributed by atoms with Gasteiger partial charge in [0, 0.05) is 12.5 Å². The van der Waals surface area contributed by atoms with Gasteiger partial charge in [-0.25, -0.2) is 0 Å². The van der Waals surface area contributed by atoms with E-state index in [1.165, 1.54) is 0 Å². The highest BCUT2D eigenvalue weighted by Gasteiger charge is 2.60. The Balaban J connectivity index is 1.52. The Morgan fingerprint density at radius 2 is 1.35 bits per heavy atom. The fourth-order valence-electron chi connectivity index (χ4n) is 4.96. The first-order chi connectivity index (χ1) is 17.5. The number of rotatable bonds is 5. The van der Waals surface area contributed by atoms with Gasteiger partial charge in [-0.15, -0.1) is 0 Å². The van der Waals surface area contributed by atoms with Gasteiger partial charge < -0.3 is 29.0 Å². The van der Waals surface area contributed by atoms with Crippen LogP contribution in [-0.2, 0) is 9.53 Å². The van der Waals surface area contributed by atoms with Gasteiger partial charge in [0.15, 0.2) is 23.0 Å². The van der Waals surface area contributed by atoms with Crippen molar-refractivity contribution in [3.05, 3.63) is 47.5 Å². The molecule has 0 spiro atoms. The average molecular weight is 533 g/mol. The Morgan fingerprint density at radius 1 is 0.838 bits per heavy atom. The van der Waals surface area contributed by atoms with Crippen molar-refractivity contribution < 1.29 is 54.8 Å². The minimum atomic E-state index is -5.81. The van der Waals surface area contributed by atoms with Gasteiger partial charge in [-0.05, 0) is 54.3 Å². The van der Waals surface area contributed by atoms with Gasteiger partial charge in [0.25, 0.3) is 6.10 Å². The van der Waals surface area contributed by atoms with Crippen LogP contribution in [0.1, 0.15) is 23.5 Å². The molecule has 3 aliphatic rings. The molecule has 0 bridgehead atoms. The second kappa shape index (κ2) is 9.51. The monoisotopic (exact) mass is 533 g/mol. The van der Waals surface area contributed by atoms with E-state index in [9.17, 15) is 31.1 Å². The van der Waals surface area contributed by atoms with Crippen LogP contribution in [0.25, 0.3) is 0 Å². The van der Waals surface area contributed by atoms with Crippen molar-refractivity contribution in [3.63, 3.8) is 0 Å². The largest absolute Gasteiger partial charge is 0.454 e. The number of benzene rings is 2. The molecular formula is C24H21F6NO6. The van der Waals surface area contributed by atoms with Crippen LogP contribution in [0.5, 0.6) is 23.0 Å². The van der Waals surface area contributed by atoms with E-state index in [0.717, 1.165) is 0 Å². The summed E-state index contributed by atoms with van der Waals surface area (Å²) in [5, 5.41) is 2.88. The standard InChI is InChI=1S/C24H21F6NO6/c25-23(26,27)22(24(28,29)30)37-21(32)15-9-31-6-5-14(15)20(12-1-3-16-18(7-12)35-10-33-16)13-2-4-17-19(8-13)36-11-34-17/h1-4,7-8,14-15,20,22,31H,5-6,9-11H2. The molecule has 0 aliphatic carbocycles. The molecule has 0 aromatic heterocycles. The van der Waals surface area contributed by atoms with Crippen LogP contribution >= 0.6 is 0 Å². The second-order valence-electron chi connectivity index (χ2n) is 8.87. The highest BCUT2D eigenvalue weighted by atomic mass is 19.4. The van der Waals surface area contributed by atoms with E-state index in [1.54, 1.807) is 36.4 Å². The van der Waals surface area contributed by atoms with Crippen molar-refractivity contribution >= 4 is 5.97 Å². The van der Waals surface area contributed by atoms with Crippen LogP contribution in [-0.4, -0.2) is 51.1 Å². The Bertz CT molecular complexity index is 1100. The molecular weight excluding hydrogens is 512 g/mol. The molecule has 7 nitrogen and oxygen atoms in total. The number of fused-ring (bicyclic) bond motifs is 2. The SMILES string of the molecule is O=C(OC(C(F)(F)F)C(F)(F)F)C1CNCCC1C(c1ccc2c(c1)OCO2)c1ccc2c(c1)OCO2. The highest BCUT2D eigenvalue weighted by Crippen LogP contribution is 2.46. The summed E-state index contributed by atoms with van der Waals surface area (Å²) in [6.07, 6.45) is -15.6. The summed E-state index contributed by atoms with van der Waals surface area (Å²) in [6, 6.07) is 10.2. The van der Waals surface area contributed by atoms with Crippen molar-refractivity contribution in [1.82, 2.24) is 5.32 Å². The third kappa shape index (κ3) is 5.09. The maximum atomic E-state index is 13.1. The molecule has 1 fully saturated rings. The maximum absolute atomic E-state index is 13.1. The predicted molar refractivity (Wildman–Crippen MR) is 113 cm³/mol. The van der Waals surface area contributed by atoms with Gasteiger partial charge in [0.2, 0.25) is 13.6 Å². The van der Waals surface area contributed by atoms with E-state index in [0.29, 0.717) is 40.7 Å². The molecule has 13 heteroatoms. The quantitative estimate of drug-likeness (QED) is 0.447. The Morgan fingerprint density at radius 3 is 1.86 bits per heavy atom. The molecule has 2 unspecified atom stereocenters. The van der Waals surface area contributed by atoms with Gasteiger partial charge in [-0.1, -0.05) is 12.1 Å². The van der Waals surface area contributed by atoms with Gasteiger partial charge in [-0.2, -0.15) is 26.3 Å². The van der Waals surface area contributed by atoms with E-state index in [4.69, 9.17) is 18.9 Å². The first kappa shape index (κ1) is 25.3. The molecule has 37 heavy (non-hydrogen) atoms. The van der Waals surface area contributed by atoms with E-state index < -0.39 is 42.2 Å². The molecule has 0 amide bonds. The van der Waals surface area contributed by atoms with Crippen LogP contribution in [0.2, 0.25) is 0 Å². The summed E-state index contributed by atoms with van der Waals surface area (Å²) in [7, 11) is 0. The fourth-order valence-corrected chi connectivity index (χ4v) is 4.96. The lowest BCUT2D eigenvalue weighted by Crippen LogP contribution is -2.50. The number of carbonyl (C=O) groups excluding carboxylic acids is 1. The summed E-state index contributed by atoms with van der Waals surface area (Å²) >= 11 is 0. The third-order valence-corrected chi connectivity index (χ3v) is 6.61. The summed E-state index contributed by atoms with van der Waals surface area (Å²) < 4.78 is 104. The van der Waals surface area contributed by atoms with Gasteiger partial charge >= 0.3 is 18.3 Å². The molecule has 2 atom stereocenters. The Hall–Kier alpha value is -3.35. The molecule has 3 heterocycles. The number of alkyl halides is 6.